The molecule has 0 spiro atoms. The third-order valence-corrected chi connectivity index (χ3v) is 3.67. The Kier molecular flexibility index (Phi) is 3.14. The van der Waals surface area contributed by atoms with E-state index in [-0.39, 0.29) is 0 Å². The van der Waals surface area contributed by atoms with Gasteiger partial charge in [0.15, 0.2) is 6.29 Å². The molecule has 0 aliphatic rings. The number of rotatable bonds is 4. The summed E-state index contributed by atoms with van der Waals surface area (Å²) >= 11 is 0. The molecule has 20 heavy (non-hydrogen) atoms. The maximum absolute atomic E-state index is 11.2. The Bertz CT molecular complexity index is 767. The van der Waals surface area contributed by atoms with Crippen molar-refractivity contribution in [2.45, 2.75) is 19.9 Å². The van der Waals surface area contributed by atoms with Crippen molar-refractivity contribution in [3.05, 3.63) is 53.5 Å². The first-order valence-corrected chi connectivity index (χ1v) is 6.77. The van der Waals surface area contributed by atoms with Gasteiger partial charge >= 0.3 is 0 Å². The van der Waals surface area contributed by atoms with Gasteiger partial charge in [-0.2, -0.15) is 5.10 Å². The van der Waals surface area contributed by atoms with E-state index in [1.165, 1.54) is 0 Å². The highest BCUT2D eigenvalue weighted by atomic mass is 16.1. The Morgan fingerprint density at radius 3 is 2.85 bits per heavy atom. The zero-order valence-corrected chi connectivity index (χ0v) is 11.7. The molecule has 0 N–H and O–H groups in total. The standard InChI is InChI=1S/C16H17N3O/c1-3-14-9-15(18(2)17-14)10-19-8-7-12-5-4-6-13(11-20)16(12)19/h4-9,11H,3,10H2,1-2H3. The van der Waals surface area contributed by atoms with Crippen LogP contribution in [-0.2, 0) is 20.0 Å². The quantitative estimate of drug-likeness (QED) is 0.682. The molecular formula is C16H17N3O. The van der Waals surface area contributed by atoms with E-state index in [4.69, 9.17) is 0 Å². The fourth-order valence-electron chi connectivity index (χ4n) is 2.58. The predicted molar refractivity (Wildman–Crippen MR) is 79.0 cm³/mol. The number of aromatic nitrogens is 3. The second-order valence-corrected chi connectivity index (χ2v) is 4.95. The zero-order chi connectivity index (χ0) is 14.1. The highest BCUT2D eigenvalue weighted by Gasteiger charge is 2.09. The molecule has 0 unspecified atom stereocenters. The van der Waals surface area contributed by atoms with E-state index in [9.17, 15) is 4.79 Å². The molecule has 2 heterocycles. The number of nitrogens with zero attached hydrogens (tertiary/aromatic N) is 3. The topological polar surface area (TPSA) is 39.8 Å². The largest absolute Gasteiger partial charge is 0.341 e. The minimum absolute atomic E-state index is 0.720. The van der Waals surface area contributed by atoms with Crippen molar-refractivity contribution in [2.75, 3.05) is 0 Å². The lowest BCUT2D eigenvalue weighted by Gasteiger charge is -2.07. The lowest BCUT2D eigenvalue weighted by Crippen LogP contribution is -2.05. The molecule has 1 aromatic carbocycles. The SMILES string of the molecule is CCc1cc(Cn2ccc3cccc(C=O)c32)n(C)n1. The van der Waals surface area contributed by atoms with Crippen molar-refractivity contribution in [1.82, 2.24) is 14.3 Å². The van der Waals surface area contributed by atoms with Crippen LogP contribution in [0.5, 0.6) is 0 Å². The second-order valence-electron chi connectivity index (χ2n) is 4.95. The van der Waals surface area contributed by atoms with Crippen LogP contribution in [0.25, 0.3) is 10.9 Å². The summed E-state index contributed by atoms with van der Waals surface area (Å²) < 4.78 is 4.02. The summed E-state index contributed by atoms with van der Waals surface area (Å²) in [5.41, 5.74) is 3.95. The van der Waals surface area contributed by atoms with E-state index in [1.807, 2.05) is 42.2 Å². The molecule has 0 saturated heterocycles. The summed E-state index contributed by atoms with van der Waals surface area (Å²) in [6.07, 6.45) is 3.87. The Morgan fingerprint density at radius 1 is 1.30 bits per heavy atom. The number of carbonyl (C=O) groups excluding carboxylic acids is 1. The number of benzene rings is 1. The predicted octanol–water partition coefficient (Wildman–Crippen LogP) is 2.80. The van der Waals surface area contributed by atoms with E-state index >= 15 is 0 Å². The van der Waals surface area contributed by atoms with Gasteiger partial charge in [0, 0.05) is 24.2 Å². The summed E-state index contributed by atoms with van der Waals surface area (Å²) in [5, 5.41) is 5.56. The lowest BCUT2D eigenvalue weighted by molar-refractivity contribution is 0.112. The molecule has 0 aliphatic heterocycles. The summed E-state index contributed by atoms with van der Waals surface area (Å²) in [7, 11) is 1.96. The average molecular weight is 267 g/mol. The summed E-state index contributed by atoms with van der Waals surface area (Å²) in [6.45, 7) is 2.82. The Labute approximate surface area is 117 Å². The second kappa shape index (κ2) is 4.96. The first kappa shape index (κ1) is 12.7. The van der Waals surface area contributed by atoms with Gasteiger partial charge in [-0.05, 0) is 24.6 Å². The fraction of sp³-hybridized carbons (Fsp3) is 0.250. The molecule has 102 valence electrons. The van der Waals surface area contributed by atoms with Crippen LogP contribution in [0.15, 0.2) is 36.5 Å². The third kappa shape index (κ3) is 2.03. The summed E-state index contributed by atoms with van der Waals surface area (Å²) in [6, 6.07) is 9.95. The molecule has 2 aromatic heterocycles. The normalized spacial score (nSPS) is 11.1. The van der Waals surface area contributed by atoms with Gasteiger partial charge in [-0.15, -0.1) is 0 Å². The number of carbonyl (C=O) groups is 1. The van der Waals surface area contributed by atoms with Crippen LogP contribution < -0.4 is 0 Å². The van der Waals surface area contributed by atoms with Crippen LogP contribution in [0.2, 0.25) is 0 Å². The molecular weight excluding hydrogens is 250 g/mol. The van der Waals surface area contributed by atoms with Crippen molar-refractivity contribution < 1.29 is 4.79 Å². The maximum atomic E-state index is 11.2. The van der Waals surface area contributed by atoms with Gasteiger partial charge < -0.3 is 4.57 Å². The first-order valence-electron chi connectivity index (χ1n) is 6.77. The zero-order valence-electron chi connectivity index (χ0n) is 11.7. The third-order valence-electron chi connectivity index (χ3n) is 3.67. The highest BCUT2D eigenvalue weighted by molar-refractivity contribution is 5.96. The van der Waals surface area contributed by atoms with Crippen LogP contribution in [0.1, 0.15) is 28.7 Å². The van der Waals surface area contributed by atoms with Gasteiger partial charge in [0.05, 0.1) is 23.4 Å². The number of hydrogen-bond donors (Lipinski definition) is 0. The van der Waals surface area contributed by atoms with Gasteiger partial charge in [-0.1, -0.05) is 19.1 Å². The van der Waals surface area contributed by atoms with Gasteiger partial charge in [0.1, 0.15) is 0 Å². The van der Waals surface area contributed by atoms with E-state index in [0.29, 0.717) is 0 Å². The molecule has 0 radical (unpaired) electrons. The Morgan fingerprint density at radius 2 is 2.15 bits per heavy atom. The van der Waals surface area contributed by atoms with Crippen LogP contribution in [-0.4, -0.2) is 20.6 Å². The number of fused-ring (bicyclic) bond motifs is 1. The van der Waals surface area contributed by atoms with Crippen LogP contribution in [0.3, 0.4) is 0 Å². The smallest absolute Gasteiger partial charge is 0.152 e. The molecule has 0 saturated carbocycles. The average Bonchev–Trinajstić information content (AvgIpc) is 3.03. The number of aryl methyl sites for hydroxylation is 2. The van der Waals surface area contributed by atoms with E-state index in [2.05, 4.69) is 22.7 Å². The molecule has 4 heteroatoms. The van der Waals surface area contributed by atoms with Crippen molar-refractivity contribution in [2.24, 2.45) is 7.05 Å². The van der Waals surface area contributed by atoms with Crippen molar-refractivity contribution in [3.63, 3.8) is 0 Å². The monoisotopic (exact) mass is 267 g/mol. The molecule has 4 nitrogen and oxygen atoms in total. The highest BCUT2D eigenvalue weighted by Crippen LogP contribution is 2.20. The Hall–Kier alpha value is -2.36. The molecule has 3 rings (SSSR count). The van der Waals surface area contributed by atoms with Gasteiger partial charge in [0.25, 0.3) is 0 Å². The maximum Gasteiger partial charge on any atom is 0.152 e. The van der Waals surface area contributed by atoms with E-state index < -0.39 is 0 Å². The molecule has 0 amide bonds. The molecule has 0 bridgehead atoms. The van der Waals surface area contributed by atoms with Crippen LogP contribution in [0, 0.1) is 0 Å². The minimum Gasteiger partial charge on any atom is -0.341 e. The molecule has 3 aromatic rings. The Balaban J connectivity index is 2.06. The van der Waals surface area contributed by atoms with E-state index in [0.717, 1.165) is 47.1 Å². The number of para-hydroxylation sites is 1. The van der Waals surface area contributed by atoms with Gasteiger partial charge in [-0.3, -0.25) is 9.48 Å². The summed E-state index contributed by atoms with van der Waals surface area (Å²) in [5.74, 6) is 0. The minimum atomic E-state index is 0.720. The fourth-order valence-corrected chi connectivity index (χ4v) is 2.58. The number of aldehydes is 1. The molecule has 0 atom stereocenters. The summed E-state index contributed by atoms with van der Waals surface area (Å²) in [4.78, 5) is 11.2. The van der Waals surface area contributed by atoms with Crippen molar-refractivity contribution in [1.29, 1.82) is 0 Å². The van der Waals surface area contributed by atoms with Crippen LogP contribution in [0.4, 0.5) is 0 Å². The van der Waals surface area contributed by atoms with Crippen molar-refractivity contribution in [3.8, 4) is 0 Å². The first-order chi connectivity index (χ1) is 9.72. The van der Waals surface area contributed by atoms with E-state index in [1.54, 1.807) is 0 Å². The van der Waals surface area contributed by atoms with Crippen LogP contribution >= 0.6 is 0 Å². The lowest BCUT2D eigenvalue weighted by atomic mass is 10.1. The van der Waals surface area contributed by atoms with Crippen molar-refractivity contribution >= 4 is 17.2 Å². The molecule has 0 aliphatic carbocycles. The molecule has 0 fully saturated rings. The van der Waals surface area contributed by atoms with Gasteiger partial charge in [0.2, 0.25) is 0 Å². The van der Waals surface area contributed by atoms with Gasteiger partial charge in [-0.25, -0.2) is 0 Å². The number of hydrogen-bond acceptors (Lipinski definition) is 2.